The fourth-order valence-corrected chi connectivity index (χ4v) is 2.45. The Balaban J connectivity index is 1.61. The molecule has 1 heterocycles. The van der Waals surface area contributed by atoms with E-state index in [1.165, 1.54) is 5.56 Å². The number of amides is 2. The summed E-state index contributed by atoms with van der Waals surface area (Å²) in [6, 6.07) is 10.9. The lowest BCUT2D eigenvalue weighted by Crippen LogP contribution is -2.36. The highest BCUT2D eigenvalue weighted by Gasteiger charge is 2.09. The van der Waals surface area contributed by atoms with Gasteiger partial charge < -0.3 is 19.8 Å². The van der Waals surface area contributed by atoms with Crippen molar-refractivity contribution in [3.05, 3.63) is 52.4 Å². The Hall–Kier alpha value is -2.28. The molecule has 7 heteroatoms. The number of carbonyl (C=O) groups is 2. The lowest BCUT2D eigenvalue weighted by molar-refractivity contribution is -0.123. The molecule has 25 heavy (non-hydrogen) atoms. The lowest BCUT2D eigenvalue weighted by Gasteiger charge is -2.08. The summed E-state index contributed by atoms with van der Waals surface area (Å²) < 4.78 is 11.1. The van der Waals surface area contributed by atoms with Crippen molar-refractivity contribution in [2.75, 3.05) is 19.7 Å². The topological polar surface area (TPSA) is 80.6 Å². The molecule has 2 amide bonds. The average Bonchev–Trinajstić information content (AvgIpc) is 3.05. The first-order valence-corrected chi connectivity index (χ1v) is 8.89. The van der Waals surface area contributed by atoms with Gasteiger partial charge in [-0.25, -0.2) is 0 Å². The Labute approximate surface area is 155 Å². The fraction of sp³-hybridized carbons (Fsp3) is 0.333. The highest BCUT2D eigenvalue weighted by atomic mass is 79.9. The van der Waals surface area contributed by atoms with Gasteiger partial charge in [0, 0.05) is 13.1 Å². The molecule has 0 spiro atoms. The van der Waals surface area contributed by atoms with Crippen LogP contribution in [0.15, 0.2) is 45.5 Å². The zero-order valence-corrected chi connectivity index (χ0v) is 15.6. The molecule has 2 aromatic rings. The van der Waals surface area contributed by atoms with Crippen LogP contribution in [-0.4, -0.2) is 31.5 Å². The second-order valence-corrected chi connectivity index (χ2v) is 6.17. The summed E-state index contributed by atoms with van der Waals surface area (Å²) >= 11 is 3.13. The molecular weight excluding hydrogens is 388 g/mol. The van der Waals surface area contributed by atoms with Crippen LogP contribution in [0.25, 0.3) is 0 Å². The highest BCUT2D eigenvalue weighted by molar-refractivity contribution is 9.10. The van der Waals surface area contributed by atoms with Crippen LogP contribution in [0.5, 0.6) is 5.75 Å². The van der Waals surface area contributed by atoms with Crippen molar-refractivity contribution in [1.82, 2.24) is 10.6 Å². The number of ether oxygens (including phenoxy) is 1. The van der Waals surface area contributed by atoms with Crippen molar-refractivity contribution < 1.29 is 18.7 Å². The van der Waals surface area contributed by atoms with E-state index in [2.05, 4.69) is 33.5 Å². The molecule has 1 aromatic carbocycles. The van der Waals surface area contributed by atoms with E-state index in [9.17, 15) is 9.59 Å². The number of aryl methyl sites for hydroxylation is 1. The van der Waals surface area contributed by atoms with Crippen LogP contribution in [0.1, 0.15) is 29.5 Å². The maximum absolute atomic E-state index is 11.7. The Kier molecular flexibility index (Phi) is 7.53. The second kappa shape index (κ2) is 9.88. The Morgan fingerprint density at radius 2 is 1.80 bits per heavy atom. The molecule has 0 atom stereocenters. The number of rotatable bonds is 9. The van der Waals surface area contributed by atoms with Crippen molar-refractivity contribution in [3.8, 4) is 5.75 Å². The summed E-state index contributed by atoms with van der Waals surface area (Å²) in [4.78, 5) is 23.5. The Morgan fingerprint density at radius 1 is 1.08 bits per heavy atom. The molecule has 0 aliphatic heterocycles. The fourth-order valence-electron chi connectivity index (χ4n) is 2.14. The number of nitrogens with one attached hydrogen (secondary N) is 2. The van der Waals surface area contributed by atoms with Gasteiger partial charge in [-0.1, -0.05) is 25.5 Å². The van der Waals surface area contributed by atoms with Gasteiger partial charge in [-0.3, -0.25) is 9.59 Å². The van der Waals surface area contributed by atoms with Crippen molar-refractivity contribution in [3.63, 3.8) is 0 Å². The minimum atomic E-state index is -0.330. The molecule has 0 saturated heterocycles. The molecule has 6 nitrogen and oxygen atoms in total. The average molecular weight is 409 g/mol. The van der Waals surface area contributed by atoms with Crippen LogP contribution in [0.2, 0.25) is 0 Å². The maximum Gasteiger partial charge on any atom is 0.287 e. The van der Waals surface area contributed by atoms with E-state index < -0.39 is 0 Å². The van der Waals surface area contributed by atoms with Crippen LogP contribution in [-0.2, 0) is 11.2 Å². The minimum Gasteiger partial charge on any atom is -0.484 e. The third-order valence-electron chi connectivity index (χ3n) is 3.36. The minimum absolute atomic E-state index is 0.0633. The van der Waals surface area contributed by atoms with Gasteiger partial charge in [0.25, 0.3) is 11.8 Å². The molecule has 134 valence electrons. The number of carbonyl (C=O) groups excluding carboxylic acids is 2. The van der Waals surface area contributed by atoms with Gasteiger partial charge in [0.2, 0.25) is 0 Å². The number of hydrogen-bond donors (Lipinski definition) is 2. The normalized spacial score (nSPS) is 10.3. The number of benzene rings is 1. The van der Waals surface area contributed by atoms with Gasteiger partial charge in [-0.05, 0) is 52.2 Å². The standard InChI is InChI=1S/C18H21BrN2O4/c1-2-3-13-4-6-14(7-5-13)24-12-17(22)20-10-11-21-18(23)15-8-9-16(19)25-15/h4-9H,2-3,10-12H2,1H3,(H,20,22)(H,21,23). The van der Waals surface area contributed by atoms with Crippen molar-refractivity contribution in [2.45, 2.75) is 19.8 Å². The lowest BCUT2D eigenvalue weighted by atomic mass is 10.1. The Bertz CT molecular complexity index is 697. The van der Waals surface area contributed by atoms with E-state index >= 15 is 0 Å². The first-order chi connectivity index (χ1) is 12.1. The van der Waals surface area contributed by atoms with Gasteiger partial charge in [0.1, 0.15) is 5.75 Å². The van der Waals surface area contributed by atoms with Crippen LogP contribution < -0.4 is 15.4 Å². The molecule has 0 saturated carbocycles. The van der Waals surface area contributed by atoms with Crippen LogP contribution in [0.4, 0.5) is 0 Å². The van der Waals surface area contributed by atoms with E-state index in [1.807, 2.05) is 24.3 Å². The van der Waals surface area contributed by atoms with Crippen molar-refractivity contribution in [1.29, 1.82) is 0 Å². The predicted octanol–water partition coefficient (Wildman–Crippen LogP) is 2.92. The summed E-state index contributed by atoms with van der Waals surface area (Å²) in [6.07, 6.45) is 2.12. The zero-order chi connectivity index (χ0) is 18.1. The van der Waals surface area contributed by atoms with Gasteiger partial charge in [0.05, 0.1) is 0 Å². The van der Waals surface area contributed by atoms with Gasteiger partial charge in [-0.15, -0.1) is 0 Å². The quantitative estimate of drug-likeness (QED) is 0.625. The smallest absolute Gasteiger partial charge is 0.287 e. The number of hydrogen-bond acceptors (Lipinski definition) is 4. The third-order valence-corrected chi connectivity index (χ3v) is 3.79. The van der Waals surface area contributed by atoms with E-state index in [4.69, 9.17) is 9.15 Å². The van der Waals surface area contributed by atoms with Crippen LogP contribution >= 0.6 is 15.9 Å². The van der Waals surface area contributed by atoms with Crippen LogP contribution in [0.3, 0.4) is 0 Å². The maximum atomic E-state index is 11.7. The van der Waals surface area contributed by atoms with Gasteiger partial charge in [0.15, 0.2) is 17.0 Å². The molecule has 2 rings (SSSR count). The predicted molar refractivity (Wildman–Crippen MR) is 97.7 cm³/mol. The van der Waals surface area contributed by atoms with Gasteiger partial charge in [-0.2, -0.15) is 0 Å². The van der Waals surface area contributed by atoms with Crippen molar-refractivity contribution >= 4 is 27.7 Å². The molecule has 0 unspecified atom stereocenters. The molecule has 0 bridgehead atoms. The van der Waals surface area contributed by atoms with E-state index in [0.29, 0.717) is 23.5 Å². The molecular formula is C18H21BrN2O4. The summed E-state index contributed by atoms with van der Waals surface area (Å²) in [6.45, 7) is 2.68. The zero-order valence-electron chi connectivity index (χ0n) is 14.0. The van der Waals surface area contributed by atoms with Gasteiger partial charge >= 0.3 is 0 Å². The van der Waals surface area contributed by atoms with E-state index in [0.717, 1.165) is 12.8 Å². The largest absolute Gasteiger partial charge is 0.484 e. The molecule has 0 aliphatic carbocycles. The third kappa shape index (κ3) is 6.62. The first kappa shape index (κ1) is 19.1. The second-order valence-electron chi connectivity index (χ2n) is 5.39. The molecule has 0 fully saturated rings. The van der Waals surface area contributed by atoms with Crippen LogP contribution in [0, 0.1) is 0 Å². The first-order valence-electron chi connectivity index (χ1n) is 8.10. The Morgan fingerprint density at radius 3 is 2.44 bits per heavy atom. The van der Waals surface area contributed by atoms with E-state index in [-0.39, 0.29) is 24.2 Å². The van der Waals surface area contributed by atoms with Crippen molar-refractivity contribution in [2.24, 2.45) is 0 Å². The monoisotopic (exact) mass is 408 g/mol. The number of halogens is 1. The molecule has 0 aliphatic rings. The molecule has 0 radical (unpaired) electrons. The van der Waals surface area contributed by atoms with E-state index in [1.54, 1.807) is 12.1 Å². The summed E-state index contributed by atoms with van der Waals surface area (Å²) in [5.74, 6) is 0.302. The highest BCUT2D eigenvalue weighted by Crippen LogP contribution is 2.14. The molecule has 2 N–H and O–H groups in total. The number of furan rings is 1. The summed E-state index contributed by atoms with van der Waals surface area (Å²) in [5, 5.41) is 5.33. The molecule has 1 aromatic heterocycles. The summed E-state index contributed by atoms with van der Waals surface area (Å²) in [5.41, 5.74) is 1.25. The SMILES string of the molecule is CCCc1ccc(OCC(=O)NCCNC(=O)c2ccc(Br)o2)cc1. The summed E-state index contributed by atoms with van der Waals surface area (Å²) in [7, 11) is 0.